The van der Waals surface area contributed by atoms with Crippen molar-refractivity contribution in [3.05, 3.63) is 11.7 Å². The molecule has 2 aliphatic carbocycles. The first kappa shape index (κ1) is 11.1. The predicted octanol–water partition coefficient (Wildman–Crippen LogP) is 4.76. The van der Waals surface area contributed by atoms with E-state index < -0.39 is 6.08 Å². The zero-order valence-electron chi connectivity index (χ0n) is 9.44. The molecule has 2 aliphatic rings. The minimum Gasteiger partial charge on any atom is -0.173 e. The minimum absolute atomic E-state index is 0.428. The van der Waals surface area contributed by atoms with Crippen LogP contribution in [0.2, 0.25) is 0 Å². The van der Waals surface area contributed by atoms with Crippen LogP contribution in [0, 0.1) is 17.8 Å². The van der Waals surface area contributed by atoms with Crippen molar-refractivity contribution in [1.29, 1.82) is 0 Å². The minimum atomic E-state index is -1.41. The molecule has 0 aromatic heterocycles. The number of rotatable bonds is 2. The van der Waals surface area contributed by atoms with Crippen LogP contribution in [0.15, 0.2) is 11.7 Å². The van der Waals surface area contributed by atoms with E-state index in [2.05, 4.69) is 6.92 Å². The van der Waals surface area contributed by atoms with Crippen molar-refractivity contribution >= 4 is 0 Å². The SMILES string of the molecule is CCC1CCC(C2CC(=C(F)F)C2)CC1. The second-order valence-corrected chi connectivity index (χ2v) is 5.22. The topological polar surface area (TPSA) is 0 Å². The fourth-order valence-electron chi connectivity index (χ4n) is 3.13. The summed E-state index contributed by atoms with van der Waals surface area (Å²) in [6, 6.07) is 0. The molecule has 0 bridgehead atoms. The summed E-state index contributed by atoms with van der Waals surface area (Å²) in [6.45, 7) is 2.26. The van der Waals surface area contributed by atoms with Crippen LogP contribution in [0.4, 0.5) is 8.78 Å². The van der Waals surface area contributed by atoms with Crippen molar-refractivity contribution in [1.82, 2.24) is 0 Å². The van der Waals surface area contributed by atoms with E-state index in [1.165, 1.54) is 32.1 Å². The Morgan fingerprint density at radius 2 is 1.67 bits per heavy atom. The number of allylic oxidation sites excluding steroid dienone is 1. The van der Waals surface area contributed by atoms with Gasteiger partial charge < -0.3 is 0 Å². The van der Waals surface area contributed by atoms with Gasteiger partial charge in [0.1, 0.15) is 0 Å². The van der Waals surface area contributed by atoms with E-state index in [0.717, 1.165) is 11.8 Å². The van der Waals surface area contributed by atoms with E-state index in [1.807, 2.05) is 0 Å². The maximum atomic E-state index is 12.2. The summed E-state index contributed by atoms with van der Waals surface area (Å²) in [5.41, 5.74) is 0.428. The highest BCUT2D eigenvalue weighted by Gasteiger charge is 2.35. The fourth-order valence-corrected chi connectivity index (χ4v) is 3.13. The van der Waals surface area contributed by atoms with Crippen molar-refractivity contribution in [3.63, 3.8) is 0 Å². The Morgan fingerprint density at radius 1 is 1.07 bits per heavy atom. The van der Waals surface area contributed by atoms with Crippen LogP contribution < -0.4 is 0 Å². The summed E-state index contributed by atoms with van der Waals surface area (Å²) >= 11 is 0. The molecule has 86 valence electrons. The van der Waals surface area contributed by atoms with Gasteiger partial charge in [0.05, 0.1) is 0 Å². The molecular formula is C13H20F2. The smallest absolute Gasteiger partial charge is 0.173 e. The summed E-state index contributed by atoms with van der Waals surface area (Å²) in [7, 11) is 0. The second kappa shape index (κ2) is 4.63. The van der Waals surface area contributed by atoms with E-state index in [0.29, 0.717) is 24.3 Å². The van der Waals surface area contributed by atoms with Gasteiger partial charge in [0.15, 0.2) is 0 Å². The standard InChI is InChI=1S/C13H20F2/c1-2-9-3-5-10(6-4-9)11-7-12(8-11)13(14)15/h9-11H,2-8H2,1H3. The van der Waals surface area contributed by atoms with Crippen molar-refractivity contribution in [2.75, 3.05) is 0 Å². The van der Waals surface area contributed by atoms with Crippen molar-refractivity contribution in [2.45, 2.75) is 51.9 Å². The summed E-state index contributed by atoms with van der Waals surface area (Å²) in [5, 5.41) is 0. The van der Waals surface area contributed by atoms with Gasteiger partial charge in [-0.2, -0.15) is 8.78 Å². The van der Waals surface area contributed by atoms with Crippen LogP contribution in [-0.2, 0) is 0 Å². The van der Waals surface area contributed by atoms with E-state index in [1.54, 1.807) is 0 Å². The van der Waals surface area contributed by atoms with Gasteiger partial charge in [0.25, 0.3) is 6.08 Å². The van der Waals surface area contributed by atoms with Crippen LogP contribution in [0.3, 0.4) is 0 Å². The Kier molecular flexibility index (Phi) is 3.42. The zero-order valence-corrected chi connectivity index (χ0v) is 9.44. The molecule has 2 saturated carbocycles. The average molecular weight is 214 g/mol. The van der Waals surface area contributed by atoms with Crippen LogP contribution in [0.25, 0.3) is 0 Å². The molecule has 0 radical (unpaired) electrons. The third-order valence-electron chi connectivity index (χ3n) is 4.42. The number of halogens is 2. The Hall–Kier alpha value is -0.400. The lowest BCUT2D eigenvalue weighted by Gasteiger charge is -2.39. The third-order valence-corrected chi connectivity index (χ3v) is 4.42. The number of hydrogen-bond acceptors (Lipinski definition) is 0. The maximum Gasteiger partial charge on any atom is 0.269 e. The van der Waals surface area contributed by atoms with Gasteiger partial charge in [0, 0.05) is 0 Å². The number of hydrogen-bond donors (Lipinski definition) is 0. The molecule has 0 N–H and O–H groups in total. The highest BCUT2D eigenvalue weighted by molar-refractivity contribution is 5.14. The van der Waals surface area contributed by atoms with Gasteiger partial charge in [-0.25, -0.2) is 0 Å². The molecule has 0 aliphatic heterocycles. The van der Waals surface area contributed by atoms with Crippen LogP contribution >= 0.6 is 0 Å². The van der Waals surface area contributed by atoms with Crippen molar-refractivity contribution in [3.8, 4) is 0 Å². The van der Waals surface area contributed by atoms with Gasteiger partial charge in [0.2, 0.25) is 0 Å². The molecular weight excluding hydrogens is 194 g/mol. The predicted molar refractivity (Wildman–Crippen MR) is 57.7 cm³/mol. The molecule has 2 rings (SSSR count). The molecule has 15 heavy (non-hydrogen) atoms. The lowest BCUT2D eigenvalue weighted by Crippen LogP contribution is -2.28. The molecule has 0 spiro atoms. The van der Waals surface area contributed by atoms with E-state index >= 15 is 0 Å². The fraction of sp³-hybridized carbons (Fsp3) is 0.846. The van der Waals surface area contributed by atoms with E-state index in [9.17, 15) is 8.78 Å². The zero-order chi connectivity index (χ0) is 10.8. The van der Waals surface area contributed by atoms with Gasteiger partial charge in [-0.1, -0.05) is 26.2 Å². The summed E-state index contributed by atoms with van der Waals surface area (Å²) in [6.07, 6.45) is 6.47. The second-order valence-electron chi connectivity index (χ2n) is 5.22. The van der Waals surface area contributed by atoms with Gasteiger partial charge in [-0.3, -0.25) is 0 Å². The average Bonchev–Trinajstić information content (AvgIpc) is 2.16. The van der Waals surface area contributed by atoms with E-state index in [-0.39, 0.29) is 0 Å². The first-order chi connectivity index (χ1) is 7.20. The Balaban J connectivity index is 1.77. The molecule has 0 unspecified atom stereocenters. The van der Waals surface area contributed by atoms with E-state index in [4.69, 9.17) is 0 Å². The van der Waals surface area contributed by atoms with Crippen LogP contribution in [-0.4, -0.2) is 0 Å². The normalized spacial score (nSPS) is 36.2. The molecule has 0 aromatic rings. The first-order valence-electron chi connectivity index (χ1n) is 6.23. The molecule has 2 heteroatoms. The Morgan fingerprint density at radius 3 is 2.13 bits per heavy atom. The molecule has 0 nitrogen and oxygen atoms in total. The summed E-state index contributed by atoms with van der Waals surface area (Å²) < 4.78 is 24.4. The monoisotopic (exact) mass is 214 g/mol. The molecule has 0 amide bonds. The van der Waals surface area contributed by atoms with Crippen molar-refractivity contribution in [2.24, 2.45) is 17.8 Å². The highest BCUT2D eigenvalue weighted by atomic mass is 19.3. The quantitative estimate of drug-likeness (QED) is 0.621. The van der Waals surface area contributed by atoms with Gasteiger partial charge in [-0.15, -0.1) is 0 Å². The maximum absolute atomic E-state index is 12.2. The Labute approximate surface area is 90.7 Å². The van der Waals surface area contributed by atoms with Crippen LogP contribution in [0.1, 0.15) is 51.9 Å². The van der Waals surface area contributed by atoms with Gasteiger partial charge >= 0.3 is 0 Å². The Bertz CT molecular complexity index is 237. The van der Waals surface area contributed by atoms with Gasteiger partial charge in [-0.05, 0) is 49.0 Å². The first-order valence-corrected chi connectivity index (χ1v) is 6.23. The highest BCUT2D eigenvalue weighted by Crippen LogP contribution is 2.46. The molecule has 0 saturated heterocycles. The molecule has 0 heterocycles. The lowest BCUT2D eigenvalue weighted by atomic mass is 9.66. The lowest BCUT2D eigenvalue weighted by molar-refractivity contribution is 0.165. The summed E-state index contributed by atoms with van der Waals surface area (Å²) in [5.74, 6) is 2.24. The third kappa shape index (κ3) is 2.40. The van der Waals surface area contributed by atoms with Crippen LogP contribution in [0.5, 0.6) is 0 Å². The summed E-state index contributed by atoms with van der Waals surface area (Å²) in [4.78, 5) is 0. The molecule has 2 fully saturated rings. The molecule has 0 atom stereocenters. The molecule has 0 aromatic carbocycles. The van der Waals surface area contributed by atoms with Crippen molar-refractivity contribution < 1.29 is 8.78 Å². The largest absolute Gasteiger partial charge is 0.269 e.